The third kappa shape index (κ3) is 1.89. The van der Waals surface area contributed by atoms with E-state index in [1.165, 1.54) is 9.56 Å². The molecule has 0 unspecified atom stereocenters. The summed E-state index contributed by atoms with van der Waals surface area (Å²) in [6.07, 6.45) is 1.73. The van der Waals surface area contributed by atoms with E-state index in [-0.39, 0.29) is 5.56 Å². The highest BCUT2D eigenvalue weighted by atomic mass is 35.5. The van der Waals surface area contributed by atoms with Crippen LogP contribution >= 0.6 is 22.9 Å². The summed E-state index contributed by atoms with van der Waals surface area (Å²) in [6.45, 7) is 2.04. The van der Waals surface area contributed by atoms with E-state index >= 15 is 0 Å². The molecule has 0 saturated heterocycles. The van der Waals surface area contributed by atoms with E-state index in [4.69, 9.17) is 11.6 Å². The van der Waals surface area contributed by atoms with E-state index in [9.17, 15) is 4.79 Å². The quantitative estimate of drug-likeness (QED) is 0.580. The monoisotopic (exact) mass is 315 g/mol. The third-order valence-corrected chi connectivity index (χ3v) is 4.70. The molecule has 104 valence electrons. The molecular formula is C15H10ClN3OS. The number of aryl methyl sites for hydroxylation is 1. The van der Waals surface area contributed by atoms with Gasteiger partial charge in [-0.1, -0.05) is 11.6 Å². The summed E-state index contributed by atoms with van der Waals surface area (Å²) in [5, 5.41) is 5.14. The molecule has 1 aromatic heterocycles. The number of hydrogen-bond donors (Lipinski definition) is 1. The Balaban J connectivity index is 2.04. The minimum atomic E-state index is -0.128. The van der Waals surface area contributed by atoms with E-state index in [2.05, 4.69) is 16.1 Å². The molecule has 21 heavy (non-hydrogen) atoms. The number of nitrogens with one attached hydrogen (secondary N) is 1. The molecule has 0 aliphatic carbocycles. The van der Waals surface area contributed by atoms with Crippen LogP contribution in [-0.2, 0) is 0 Å². The lowest BCUT2D eigenvalue weighted by Gasteiger charge is -1.98. The van der Waals surface area contributed by atoms with Gasteiger partial charge < -0.3 is 4.98 Å². The number of nitrogens with zero attached hydrogens (tertiary/aromatic N) is 2. The highest BCUT2D eigenvalue weighted by Gasteiger charge is 2.20. The molecule has 2 aromatic rings. The fraction of sp³-hybridized carbons (Fsp3) is 0.0667. The molecule has 4 rings (SSSR count). The van der Waals surface area contributed by atoms with Crippen LogP contribution < -0.4 is 5.56 Å². The van der Waals surface area contributed by atoms with Crippen LogP contribution in [0.1, 0.15) is 4.88 Å². The van der Waals surface area contributed by atoms with Gasteiger partial charge in [-0.3, -0.25) is 4.79 Å². The van der Waals surface area contributed by atoms with Crippen molar-refractivity contribution in [3.8, 4) is 16.9 Å². The average molecular weight is 316 g/mol. The van der Waals surface area contributed by atoms with Crippen LogP contribution in [0.3, 0.4) is 0 Å². The van der Waals surface area contributed by atoms with Crippen LogP contribution in [0.25, 0.3) is 27.2 Å². The fourth-order valence-electron chi connectivity index (χ4n) is 2.42. The number of halogens is 1. The first-order chi connectivity index (χ1) is 10.1. The maximum atomic E-state index is 12.5. The molecule has 0 radical (unpaired) electrons. The van der Waals surface area contributed by atoms with Gasteiger partial charge in [0, 0.05) is 16.1 Å². The van der Waals surface area contributed by atoms with Crippen molar-refractivity contribution in [1.29, 1.82) is 0 Å². The van der Waals surface area contributed by atoms with Gasteiger partial charge in [-0.15, -0.1) is 11.3 Å². The predicted molar refractivity (Wildman–Crippen MR) is 85.9 cm³/mol. The second-order valence-electron chi connectivity index (χ2n) is 4.84. The topological polar surface area (TPSA) is 50.7 Å². The van der Waals surface area contributed by atoms with Gasteiger partial charge in [0.05, 0.1) is 21.5 Å². The standard InChI is InChI=1S/C15H10ClN3OS/c1-8-6-12-14(21-8)13-11(7-17-12)15(20)19(18-13)10-4-2-9(16)3-5-10/h2-7,17H,1H3. The summed E-state index contributed by atoms with van der Waals surface area (Å²) in [7, 11) is 0. The molecule has 1 N–H and O–H groups in total. The molecule has 3 heterocycles. The molecule has 0 saturated carbocycles. The number of rotatable bonds is 1. The number of fused-ring (bicyclic) bond motifs is 3. The Bertz CT molecular complexity index is 981. The molecule has 0 spiro atoms. The lowest BCUT2D eigenvalue weighted by Crippen LogP contribution is -2.14. The summed E-state index contributed by atoms with van der Waals surface area (Å²) >= 11 is 7.52. The van der Waals surface area contributed by atoms with Gasteiger partial charge in [0.15, 0.2) is 0 Å². The molecule has 0 bridgehead atoms. The lowest BCUT2D eigenvalue weighted by molar-refractivity contribution is 0.859. The maximum Gasteiger partial charge on any atom is 0.282 e. The second-order valence-corrected chi connectivity index (χ2v) is 6.54. The van der Waals surface area contributed by atoms with E-state index in [0.29, 0.717) is 16.3 Å². The van der Waals surface area contributed by atoms with Gasteiger partial charge in [0.1, 0.15) is 5.69 Å². The van der Waals surface area contributed by atoms with E-state index in [0.717, 1.165) is 15.9 Å². The molecule has 1 aromatic carbocycles. The van der Waals surface area contributed by atoms with Gasteiger partial charge in [0.2, 0.25) is 0 Å². The zero-order chi connectivity index (χ0) is 14.6. The smallest absolute Gasteiger partial charge is 0.282 e. The normalized spacial score (nSPS) is 11.5. The van der Waals surface area contributed by atoms with Crippen LogP contribution in [0.15, 0.2) is 41.3 Å². The van der Waals surface area contributed by atoms with Crippen LogP contribution in [0, 0.1) is 6.92 Å². The summed E-state index contributed by atoms with van der Waals surface area (Å²) in [5.74, 6) is 0. The van der Waals surface area contributed by atoms with Crippen molar-refractivity contribution in [2.24, 2.45) is 0 Å². The van der Waals surface area contributed by atoms with E-state index < -0.39 is 0 Å². The minimum Gasteiger partial charge on any atom is -0.360 e. The zero-order valence-electron chi connectivity index (χ0n) is 11.1. The van der Waals surface area contributed by atoms with Crippen molar-refractivity contribution in [2.45, 2.75) is 6.92 Å². The Morgan fingerprint density at radius 1 is 1.29 bits per heavy atom. The fourth-order valence-corrected chi connectivity index (χ4v) is 3.52. The maximum absolute atomic E-state index is 12.5. The molecule has 4 nitrogen and oxygen atoms in total. The van der Waals surface area contributed by atoms with Crippen molar-refractivity contribution in [1.82, 2.24) is 14.8 Å². The highest BCUT2D eigenvalue weighted by molar-refractivity contribution is 7.19. The highest BCUT2D eigenvalue weighted by Crippen LogP contribution is 2.32. The number of aromatic nitrogens is 3. The van der Waals surface area contributed by atoms with Crippen molar-refractivity contribution in [2.75, 3.05) is 0 Å². The average Bonchev–Trinajstić information content (AvgIpc) is 3.00. The number of thiophene rings is 1. The van der Waals surface area contributed by atoms with E-state index in [1.54, 1.807) is 41.8 Å². The molecule has 2 aliphatic heterocycles. The molecule has 6 heteroatoms. The van der Waals surface area contributed by atoms with Gasteiger partial charge in [-0.2, -0.15) is 9.78 Å². The number of H-pyrrole nitrogens is 1. The van der Waals surface area contributed by atoms with Crippen LogP contribution in [0.5, 0.6) is 0 Å². The zero-order valence-corrected chi connectivity index (χ0v) is 12.6. The number of hydrogen-bond acceptors (Lipinski definition) is 3. The van der Waals surface area contributed by atoms with Gasteiger partial charge in [-0.25, -0.2) is 0 Å². The Labute approximate surface area is 129 Å². The Morgan fingerprint density at radius 2 is 2.05 bits per heavy atom. The Kier molecular flexibility index (Phi) is 2.67. The van der Waals surface area contributed by atoms with Gasteiger partial charge in [0.25, 0.3) is 5.56 Å². The third-order valence-electron chi connectivity index (χ3n) is 3.39. The molecule has 0 fully saturated rings. The summed E-state index contributed by atoms with van der Waals surface area (Å²) in [6, 6.07) is 9.14. The molecule has 0 amide bonds. The van der Waals surface area contributed by atoms with Crippen molar-refractivity contribution in [3.63, 3.8) is 0 Å². The second kappa shape index (κ2) is 4.44. The van der Waals surface area contributed by atoms with Crippen LogP contribution in [0.2, 0.25) is 5.02 Å². The summed E-state index contributed by atoms with van der Waals surface area (Å²) in [4.78, 5) is 16.9. The largest absolute Gasteiger partial charge is 0.360 e. The minimum absolute atomic E-state index is 0.128. The van der Waals surface area contributed by atoms with E-state index in [1.807, 2.05) is 6.92 Å². The molecular weight excluding hydrogens is 306 g/mol. The number of benzene rings is 1. The first-order valence-electron chi connectivity index (χ1n) is 6.40. The first-order valence-corrected chi connectivity index (χ1v) is 7.59. The van der Waals surface area contributed by atoms with Gasteiger partial charge in [-0.05, 0) is 37.3 Å². The number of pyridine rings is 1. The first kappa shape index (κ1) is 12.6. The van der Waals surface area contributed by atoms with Gasteiger partial charge >= 0.3 is 0 Å². The van der Waals surface area contributed by atoms with Crippen molar-refractivity contribution >= 4 is 33.2 Å². The Morgan fingerprint density at radius 3 is 2.81 bits per heavy atom. The van der Waals surface area contributed by atoms with Crippen molar-refractivity contribution < 1.29 is 0 Å². The van der Waals surface area contributed by atoms with Crippen LogP contribution in [0.4, 0.5) is 0 Å². The van der Waals surface area contributed by atoms with Crippen LogP contribution in [-0.4, -0.2) is 14.8 Å². The summed E-state index contributed by atoms with van der Waals surface area (Å²) < 4.78 is 2.43. The molecule has 0 atom stereocenters. The number of aromatic amines is 1. The summed E-state index contributed by atoms with van der Waals surface area (Å²) in [5.41, 5.74) is 2.92. The Hall–Kier alpha value is -2.11. The SMILES string of the molecule is Cc1cc2[nH]cc3c(=O)n(-c4ccc(Cl)cc4)nc-3c2s1. The molecule has 2 aliphatic rings. The lowest BCUT2D eigenvalue weighted by atomic mass is 10.2. The predicted octanol–water partition coefficient (Wildman–Crippen LogP) is 3.84. The van der Waals surface area contributed by atoms with Crippen molar-refractivity contribution in [3.05, 3.63) is 56.8 Å².